The summed E-state index contributed by atoms with van der Waals surface area (Å²) in [5, 5.41) is 3.84. The first-order chi connectivity index (χ1) is 10.2. The summed E-state index contributed by atoms with van der Waals surface area (Å²) in [6.45, 7) is 5.54. The molecule has 0 bridgehead atoms. The second-order valence-electron chi connectivity index (χ2n) is 6.79. The number of hydrogen-bond acceptors (Lipinski definition) is 5. The van der Waals surface area contributed by atoms with Crippen LogP contribution in [0.4, 0.5) is 0 Å². The Morgan fingerprint density at radius 2 is 2.29 bits per heavy atom. The highest BCUT2D eigenvalue weighted by atomic mass is 32.2. The third kappa shape index (κ3) is 3.74. The zero-order valence-corrected chi connectivity index (χ0v) is 15.1. The second kappa shape index (κ2) is 7.43. The summed E-state index contributed by atoms with van der Waals surface area (Å²) >= 11 is 4.21. The maximum Gasteiger partial charge on any atom is 0.0783 e. The van der Waals surface area contributed by atoms with Gasteiger partial charge in [0.1, 0.15) is 0 Å². The Morgan fingerprint density at radius 1 is 1.38 bits per heavy atom. The number of ether oxygens (including phenoxy) is 1. The molecule has 3 heterocycles. The molecule has 122 valence electrons. The molecule has 0 aliphatic carbocycles. The van der Waals surface area contributed by atoms with Gasteiger partial charge in [-0.2, -0.15) is 23.5 Å². The Hall–Kier alpha value is 0.580. The topological polar surface area (TPSA) is 24.5 Å². The minimum atomic E-state index is 0.210. The number of hydrogen-bond donors (Lipinski definition) is 1. The maximum absolute atomic E-state index is 6.23. The lowest BCUT2D eigenvalue weighted by Gasteiger charge is -2.46. The van der Waals surface area contributed by atoms with Crippen LogP contribution in [-0.4, -0.2) is 72.3 Å². The van der Waals surface area contributed by atoms with Crippen LogP contribution in [0.15, 0.2) is 0 Å². The van der Waals surface area contributed by atoms with Crippen molar-refractivity contribution in [2.24, 2.45) is 5.92 Å². The van der Waals surface area contributed by atoms with Gasteiger partial charge in [0.05, 0.1) is 5.60 Å². The van der Waals surface area contributed by atoms with Gasteiger partial charge >= 0.3 is 0 Å². The van der Waals surface area contributed by atoms with Gasteiger partial charge in [-0.05, 0) is 44.5 Å². The van der Waals surface area contributed by atoms with Crippen molar-refractivity contribution in [3.8, 4) is 0 Å². The molecule has 3 aliphatic rings. The van der Waals surface area contributed by atoms with Crippen LogP contribution in [0.1, 0.15) is 26.2 Å². The van der Waals surface area contributed by atoms with Crippen molar-refractivity contribution in [1.82, 2.24) is 10.2 Å². The van der Waals surface area contributed by atoms with Gasteiger partial charge in [0.2, 0.25) is 0 Å². The highest BCUT2D eigenvalue weighted by Crippen LogP contribution is 2.42. The van der Waals surface area contributed by atoms with E-state index in [0.29, 0.717) is 12.1 Å². The van der Waals surface area contributed by atoms with Crippen LogP contribution in [0.3, 0.4) is 0 Å². The molecule has 4 atom stereocenters. The molecule has 0 saturated carbocycles. The van der Waals surface area contributed by atoms with E-state index in [0.717, 1.165) is 19.1 Å². The normalized spacial score (nSPS) is 39.7. The van der Waals surface area contributed by atoms with Crippen molar-refractivity contribution in [2.45, 2.75) is 43.9 Å². The Bertz CT molecular complexity index is 336. The quantitative estimate of drug-likeness (QED) is 0.853. The van der Waals surface area contributed by atoms with Gasteiger partial charge in [0, 0.05) is 42.5 Å². The molecule has 3 saturated heterocycles. The number of likely N-dealkylation sites (N-methyl/N-ethyl adjacent to an activating group) is 2. The second-order valence-corrected chi connectivity index (χ2v) is 9.05. The van der Waals surface area contributed by atoms with Gasteiger partial charge in [-0.25, -0.2) is 0 Å². The van der Waals surface area contributed by atoms with Crippen LogP contribution >= 0.6 is 23.5 Å². The van der Waals surface area contributed by atoms with E-state index < -0.39 is 0 Å². The highest BCUT2D eigenvalue weighted by molar-refractivity contribution is 7.99. The van der Waals surface area contributed by atoms with E-state index >= 15 is 0 Å². The van der Waals surface area contributed by atoms with Crippen molar-refractivity contribution in [1.29, 1.82) is 0 Å². The molecule has 1 N–H and O–H groups in total. The molecule has 0 aromatic heterocycles. The van der Waals surface area contributed by atoms with Crippen molar-refractivity contribution in [3.05, 3.63) is 0 Å². The first-order valence-electron chi connectivity index (χ1n) is 8.47. The van der Waals surface area contributed by atoms with Gasteiger partial charge in [-0.1, -0.05) is 6.92 Å². The largest absolute Gasteiger partial charge is 0.374 e. The van der Waals surface area contributed by atoms with Gasteiger partial charge in [-0.15, -0.1) is 0 Å². The fraction of sp³-hybridized carbons (Fsp3) is 1.00. The molecule has 3 nitrogen and oxygen atoms in total. The third-order valence-electron chi connectivity index (χ3n) is 5.40. The van der Waals surface area contributed by atoms with E-state index in [4.69, 9.17) is 4.74 Å². The van der Waals surface area contributed by atoms with Crippen molar-refractivity contribution >= 4 is 23.5 Å². The Kier molecular flexibility index (Phi) is 5.82. The summed E-state index contributed by atoms with van der Waals surface area (Å²) in [7, 11) is 2.31. The minimum Gasteiger partial charge on any atom is -0.374 e. The lowest BCUT2D eigenvalue weighted by molar-refractivity contribution is -0.0888. The lowest BCUT2D eigenvalue weighted by atomic mass is 9.79. The van der Waals surface area contributed by atoms with Crippen molar-refractivity contribution < 1.29 is 4.74 Å². The summed E-state index contributed by atoms with van der Waals surface area (Å²) in [5.74, 6) is 5.87. The molecule has 3 rings (SSSR count). The summed E-state index contributed by atoms with van der Waals surface area (Å²) in [5.41, 5.74) is 0.210. The summed E-state index contributed by atoms with van der Waals surface area (Å²) < 4.78 is 6.23. The minimum absolute atomic E-state index is 0.210. The van der Waals surface area contributed by atoms with E-state index in [1.807, 2.05) is 0 Å². The maximum atomic E-state index is 6.23. The van der Waals surface area contributed by atoms with Crippen molar-refractivity contribution in [2.75, 3.05) is 49.8 Å². The first kappa shape index (κ1) is 16.4. The van der Waals surface area contributed by atoms with Gasteiger partial charge < -0.3 is 15.0 Å². The summed E-state index contributed by atoms with van der Waals surface area (Å²) in [6, 6.07) is 1.33. The molecule has 0 radical (unpaired) electrons. The summed E-state index contributed by atoms with van der Waals surface area (Å²) in [6.07, 6.45) is 3.77. The van der Waals surface area contributed by atoms with Crippen molar-refractivity contribution in [3.63, 3.8) is 0 Å². The molecule has 3 aliphatic heterocycles. The molecule has 5 heteroatoms. The van der Waals surface area contributed by atoms with Gasteiger partial charge in [0.25, 0.3) is 0 Å². The average Bonchev–Trinajstić information content (AvgIpc) is 2.93. The van der Waals surface area contributed by atoms with E-state index in [2.05, 4.69) is 47.7 Å². The van der Waals surface area contributed by atoms with E-state index in [1.54, 1.807) is 0 Å². The number of nitrogens with zero attached hydrogens (tertiary/aromatic N) is 1. The fourth-order valence-electron chi connectivity index (χ4n) is 4.17. The van der Waals surface area contributed by atoms with Crippen LogP contribution < -0.4 is 5.32 Å². The SMILES string of the molecule is CCNC(C1CCOC2(CCSC2)C1)C1CSCCN1C. The predicted octanol–water partition coefficient (Wildman–Crippen LogP) is 2.31. The Morgan fingerprint density at radius 3 is 3.00 bits per heavy atom. The Balaban J connectivity index is 1.70. The van der Waals surface area contributed by atoms with Gasteiger partial charge in [-0.3, -0.25) is 0 Å². The van der Waals surface area contributed by atoms with E-state index in [-0.39, 0.29) is 5.60 Å². The molecule has 0 aromatic rings. The summed E-state index contributed by atoms with van der Waals surface area (Å²) in [4.78, 5) is 2.59. The number of thioether (sulfide) groups is 2. The van der Waals surface area contributed by atoms with E-state index in [9.17, 15) is 0 Å². The van der Waals surface area contributed by atoms with Gasteiger partial charge in [0.15, 0.2) is 0 Å². The Labute approximate surface area is 138 Å². The molecule has 21 heavy (non-hydrogen) atoms. The van der Waals surface area contributed by atoms with Crippen LogP contribution in [0.2, 0.25) is 0 Å². The smallest absolute Gasteiger partial charge is 0.0783 e. The molecule has 0 amide bonds. The highest BCUT2D eigenvalue weighted by Gasteiger charge is 2.44. The predicted molar refractivity (Wildman–Crippen MR) is 94.6 cm³/mol. The zero-order chi connectivity index (χ0) is 14.7. The zero-order valence-electron chi connectivity index (χ0n) is 13.5. The average molecular weight is 331 g/mol. The van der Waals surface area contributed by atoms with Crippen LogP contribution in [0.25, 0.3) is 0 Å². The number of nitrogens with one attached hydrogen (secondary N) is 1. The molecule has 0 aromatic carbocycles. The van der Waals surface area contributed by atoms with Crippen LogP contribution in [0, 0.1) is 5.92 Å². The molecule has 3 fully saturated rings. The molecular weight excluding hydrogens is 300 g/mol. The first-order valence-corrected chi connectivity index (χ1v) is 10.8. The molecule has 1 spiro atoms. The standard InChI is InChI=1S/C16H30N2OS2/c1-3-17-15(14-11-20-9-6-18(14)2)13-4-7-19-16(10-13)5-8-21-12-16/h13-15,17H,3-12H2,1-2H3. The molecular formula is C16H30N2OS2. The number of rotatable bonds is 4. The monoisotopic (exact) mass is 330 g/mol. The fourth-order valence-corrected chi connectivity index (χ4v) is 6.84. The van der Waals surface area contributed by atoms with Crippen LogP contribution in [0.5, 0.6) is 0 Å². The van der Waals surface area contributed by atoms with E-state index in [1.165, 1.54) is 48.8 Å². The van der Waals surface area contributed by atoms with Crippen LogP contribution in [-0.2, 0) is 4.74 Å². The lowest BCUT2D eigenvalue weighted by Crippen LogP contribution is -2.58. The molecule has 4 unspecified atom stereocenters. The third-order valence-corrected chi connectivity index (χ3v) is 7.68.